The van der Waals surface area contributed by atoms with Crippen molar-refractivity contribution in [3.8, 4) is 0 Å². The first-order valence-corrected chi connectivity index (χ1v) is 7.41. The van der Waals surface area contributed by atoms with Gasteiger partial charge in [0, 0.05) is 30.3 Å². The quantitative estimate of drug-likeness (QED) is 0.570. The molecule has 0 fully saturated rings. The molecule has 3 N–H and O–H groups in total. The van der Waals surface area contributed by atoms with Crippen LogP contribution >= 0.6 is 0 Å². The monoisotopic (exact) mass is 328 g/mol. The maximum absolute atomic E-state index is 12.1. The highest BCUT2D eigenvalue weighted by Gasteiger charge is 2.44. The number of nitrogens with zero attached hydrogens (tertiary/aromatic N) is 2. The summed E-state index contributed by atoms with van der Waals surface area (Å²) in [5.74, 6) is -0.00766. The number of amides is 1. The van der Waals surface area contributed by atoms with Crippen LogP contribution in [0, 0.1) is 17.0 Å². The molecule has 1 atom stereocenters. The Kier molecular flexibility index (Phi) is 3.90. The van der Waals surface area contributed by atoms with Crippen LogP contribution < -0.4 is 10.6 Å². The van der Waals surface area contributed by atoms with E-state index in [1.807, 2.05) is 0 Å². The number of carbonyl (C=O) groups is 1. The van der Waals surface area contributed by atoms with E-state index in [9.17, 15) is 20.0 Å². The van der Waals surface area contributed by atoms with Crippen LogP contribution in [0.1, 0.15) is 17.7 Å². The summed E-state index contributed by atoms with van der Waals surface area (Å²) in [4.78, 5) is 26.5. The molecule has 3 rings (SSSR count). The van der Waals surface area contributed by atoms with E-state index < -0.39 is 16.4 Å². The summed E-state index contributed by atoms with van der Waals surface area (Å²) in [6, 6.07) is 9.86. The number of anilines is 2. The topological polar surface area (TPSA) is 117 Å². The van der Waals surface area contributed by atoms with Crippen molar-refractivity contribution in [3.63, 3.8) is 0 Å². The molecule has 1 aromatic carbocycles. The first kappa shape index (κ1) is 15.9. The van der Waals surface area contributed by atoms with Gasteiger partial charge in [0.05, 0.1) is 4.92 Å². The zero-order chi connectivity index (χ0) is 17.3. The molecule has 8 nitrogen and oxygen atoms in total. The van der Waals surface area contributed by atoms with Crippen LogP contribution in [0.2, 0.25) is 0 Å². The van der Waals surface area contributed by atoms with Gasteiger partial charge in [-0.2, -0.15) is 0 Å². The van der Waals surface area contributed by atoms with Gasteiger partial charge in [-0.3, -0.25) is 14.9 Å². The number of hydrogen-bond donors (Lipinski definition) is 3. The van der Waals surface area contributed by atoms with Gasteiger partial charge in [-0.15, -0.1) is 0 Å². The van der Waals surface area contributed by atoms with E-state index in [0.29, 0.717) is 22.8 Å². The molecule has 0 radical (unpaired) electrons. The molecule has 0 aliphatic carbocycles. The average Bonchev–Trinajstić information content (AvgIpc) is 2.79. The summed E-state index contributed by atoms with van der Waals surface area (Å²) in [5.41, 5.74) is -0.200. The Morgan fingerprint density at radius 2 is 2.08 bits per heavy atom. The van der Waals surface area contributed by atoms with Crippen LogP contribution in [0.4, 0.5) is 17.2 Å². The molecule has 2 heterocycles. The molecular weight excluding hydrogens is 312 g/mol. The molecule has 1 amide bonds. The lowest BCUT2D eigenvalue weighted by Gasteiger charge is -2.21. The van der Waals surface area contributed by atoms with Crippen molar-refractivity contribution in [3.05, 3.63) is 57.8 Å². The van der Waals surface area contributed by atoms with Crippen molar-refractivity contribution >= 4 is 23.1 Å². The van der Waals surface area contributed by atoms with E-state index in [4.69, 9.17) is 0 Å². The number of carbonyl (C=O) groups excluding carboxylic acids is 1. The third-order valence-corrected chi connectivity index (χ3v) is 4.04. The maximum atomic E-state index is 12.1. The fourth-order valence-corrected chi connectivity index (χ4v) is 2.77. The van der Waals surface area contributed by atoms with Crippen LogP contribution in [0.3, 0.4) is 0 Å². The first-order chi connectivity index (χ1) is 11.4. The first-order valence-electron chi connectivity index (χ1n) is 7.41. The molecule has 24 heavy (non-hydrogen) atoms. The van der Waals surface area contributed by atoms with Gasteiger partial charge < -0.3 is 15.7 Å². The minimum atomic E-state index is -1.60. The van der Waals surface area contributed by atoms with Crippen molar-refractivity contribution in [1.82, 2.24) is 4.98 Å². The van der Waals surface area contributed by atoms with Crippen molar-refractivity contribution in [2.24, 2.45) is 0 Å². The Balaban J connectivity index is 1.70. The van der Waals surface area contributed by atoms with Crippen LogP contribution in [0.15, 0.2) is 36.4 Å². The molecule has 0 saturated heterocycles. The molecule has 1 unspecified atom stereocenters. The number of rotatable bonds is 5. The Morgan fingerprint density at radius 3 is 2.79 bits per heavy atom. The predicted molar refractivity (Wildman–Crippen MR) is 87.7 cm³/mol. The van der Waals surface area contributed by atoms with Gasteiger partial charge in [0.1, 0.15) is 11.5 Å². The summed E-state index contributed by atoms with van der Waals surface area (Å²) in [5, 5.41) is 27.1. The summed E-state index contributed by atoms with van der Waals surface area (Å²) in [7, 11) is 0. The van der Waals surface area contributed by atoms with E-state index in [0.717, 1.165) is 0 Å². The summed E-state index contributed by atoms with van der Waals surface area (Å²) < 4.78 is 0. The number of aryl methyl sites for hydroxylation is 1. The molecule has 8 heteroatoms. The van der Waals surface area contributed by atoms with Gasteiger partial charge in [0.25, 0.3) is 11.6 Å². The zero-order valence-corrected chi connectivity index (χ0v) is 12.9. The predicted octanol–water partition coefficient (Wildman–Crippen LogP) is 1.94. The molecular formula is C16H16N4O4. The molecule has 1 aromatic heterocycles. The lowest BCUT2D eigenvalue weighted by atomic mass is 9.92. The molecule has 0 spiro atoms. The number of nitrogens with one attached hydrogen (secondary N) is 2. The molecule has 0 bridgehead atoms. The summed E-state index contributed by atoms with van der Waals surface area (Å²) in [6.45, 7) is 1.83. The summed E-state index contributed by atoms with van der Waals surface area (Å²) in [6.07, 6.45) is 0.146. The number of pyridine rings is 1. The number of para-hydroxylation sites is 1. The van der Waals surface area contributed by atoms with Gasteiger partial charge >= 0.3 is 0 Å². The van der Waals surface area contributed by atoms with Crippen molar-refractivity contribution in [1.29, 1.82) is 0 Å². The van der Waals surface area contributed by atoms with E-state index >= 15 is 0 Å². The van der Waals surface area contributed by atoms with Crippen molar-refractivity contribution in [2.75, 3.05) is 17.2 Å². The number of nitro groups is 1. The van der Waals surface area contributed by atoms with Crippen LogP contribution in [-0.4, -0.2) is 27.5 Å². The van der Waals surface area contributed by atoms with Gasteiger partial charge in [0.15, 0.2) is 5.60 Å². The number of hydrogen-bond acceptors (Lipinski definition) is 6. The Morgan fingerprint density at radius 1 is 1.33 bits per heavy atom. The van der Waals surface area contributed by atoms with E-state index in [-0.39, 0.29) is 18.7 Å². The average molecular weight is 328 g/mol. The summed E-state index contributed by atoms with van der Waals surface area (Å²) >= 11 is 0. The van der Waals surface area contributed by atoms with Crippen LogP contribution in [0.25, 0.3) is 0 Å². The van der Waals surface area contributed by atoms with Gasteiger partial charge in [-0.05, 0) is 19.1 Å². The molecule has 124 valence electrons. The second-order valence-electron chi connectivity index (χ2n) is 5.59. The minimum absolute atomic E-state index is 0.0525. The smallest absolute Gasteiger partial charge is 0.290 e. The third-order valence-electron chi connectivity index (χ3n) is 4.04. The lowest BCUT2D eigenvalue weighted by molar-refractivity contribution is -0.385. The highest BCUT2D eigenvalue weighted by Crippen LogP contribution is 2.37. The second kappa shape index (κ2) is 5.89. The maximum Gasteiger partial charge on any atom is 0.290 e. The van der Waals surface area contributed by atoms with Crippen LogP contribution in [-0.2, 0) is 10.4 Å². The number of aromatic nitrogens is 1. The number of fused-ring (bicyclic) bond motifs is 1. The van der Waals surface area contributed by atoms with Crippen molar-refractivity contribution in [2.45, 2.75) is 18.9 Å². The number of aliphatic hydroxyl groups is 1. The van der Waals surface area contributed by atoms with Gasteiger partial charge in [-0.1, -0.05) is 18.2 Å². The Hall–Kier alpha value is -3.00. The molecule has 1 aliphatic rings. The van der Waals surface area contributed by atoms with Gasteiger partial charge in [-0.25, -0.2) is 4.98 Å². The van der Waals surface area contributed by atoms with Gasteiger partial charge in [0.2, 0.25) is 0 Å². The normalized spacial score (nSPS) is 18.8. The van der Waals surface area contributed by atoms with E-state index in [2.05, 4.69) is 15.6 Å². The molecule has 2 aromatic rings. The Labute approximate surface area is 137 Å². The number of benzene rings is 1. The zero-order valence-electron chi connectivity index (χ0n) is 12.9. The fraction of sp³-hybridized carbons (Fsp3) is 0.250. The Bertz CT molecular complexity index is 823. The standard InChI is InChI=1S/C16H16N4O4/c1-10-13(20(23)24)6-7-14(18-10)17-9-8-16(22)11-4-2-3-5-12(11)19-15(16)21/h2-7,22H,8-9H2,1H3,(H,17,18)(H,19,21). The molecule has 0 saturated carbocycles. The van der Waals surface area contributed by atoms with Crippen LogP contribution in [0.5, 0.6) is 0 Å². The highest BCUT2D eigenvalue weighted by molar-refractivity contribution is 6.04. The highest BCUT2D eigenvalue weighted by atomic mass is 16.6. The minimum Gasteiger partial charge on any atom is -0.375 e. The SMILES string of the molecule is Cc1nc(NCCC2(O)C(=O)Nc3ccccc32)ccc1[N+](=O)[O-]. The van der Waals surface area contributed by atoms with E-state index in [1.54, 1.807) is 31.2 Å². The molecule has 1 aliphatic heterocycles. The largest absolute Gasteiger partial charge is 0.375 e. The lowest BCUT2D eigenvalue weighted by Crippen LogP contribution is -2.36. The third kappa shape index (κ3) is 2.67. The van der Waals surface area contributed by atoms with Crippen molar-refractivity contribution < 1.29 is 14.8 Å². The fourth-order valence-electron chi connectivity index (χ4n) is 2.77. The second-order valence-corrected chi connectivity index (χ2v) is 5.59. The van der Waals surface area contributed by atoms with E-state index in [1.165, 1.54) is 12.1 Å².